The molecule has 0 spiro atoms. The van der Waals surface area contributed by atoms with Gasteiger partial charge in [-0.2, -0.15) is 0 Å². The second-order valence-corrected chi connectivity index (χ2v) is 5.65. The van der Waals surface area contributed by atoms with Gasteiger partial charge < -0.3 is 14.8 Å². The van der Waals surface area contributed by atoms with E-state index in [1.54, 1.807) is 33.8 Å². The minimum atomic E-state index is -0.587. The van der Waals surface area contributed by atoms with E-state index < -0.39 is 23.7 Å². The number of carbonyl (C=O) groups is 2. The fourth-order valence-corrected chi connectivity index (χ4v) is 1.70. The van der Waals surface area contributed by atoms with Gasteiger partial charge >= 0.3 is 12.1 Å². The molecule has 1 rings (SSSR count). The molecule has 0 saturated carbocycles. The van der Waals surface area contributed by atoms with Crippen molar-refractivity contribution in [2.75, 3.05) is 6.61 Å². The zero-order valence-corrected chi connectivity index (χ0v) is 13.5. The van der Waals surface area contributed by atoms with Crippen LogP contribution in [0.15, 0.2) is 42.5 Å². The fourth-order valence-electron chi connectivity index (χ4n) is 1.70. The molecule has 1 N–H and O–H groups in total. The highest BCUT2D eigenvalue weighted by atomic mass is 16.6. The first kappa shape index (κ1) is 17.8. The average molecular weight is 305 g/mol. The number of benzene rings is 1. The molecule has 5 nitrogen and oxygen atoms in total. The van der Waals surface area contributed by atoms with Gasteiger partial charge in [0.05, 0.1) is 12.6 Å². The average Bonchev–Trinajstić information content (AvgIpc) is 2.42. The van der Waals surface area contributed by atoms with Gasteiger partial charge in [-0.3, -0.25) is 0 Å². The van der Waals surface area contributed by atoms with Gasteiger partial charge in [0.1, 0.15) is 5.60 Å². The summed E-state index contributed by atoms with van der Waals surface area (Å²) in [6.07, 6.45) is 2.34. The predicted octanol–water partition coefficient (Wildman–Crippen LogP) is 3.37. The summed E-state index contributed by atoms with van der Waals surface area (Å²) in [6.45, 7) is 7.41. The van der Waals surface area contributed by atoms with Gasteiger partial charge in [-0.25, -0.2) is 9.59 Å². The summed E-state index contributed by atoms with van der Waals surface area (Å²) in [5.41, 5.74) is 0.254. The minimum absolute atomic E-state index is 0.304. The molecule has 120 valence electrons. The maximum atomic E-state index is 11.9. The van der Waals surface area contributed by atoms with Gasteiger partial charge in [-0.05, 0) is 33.3 Å². The summed E-state index contributed by atoms with van der Waals surface area (Å²) in [5.74, 6) is -0.450. The van der Waals surface area contributed by atoms with Crippen molar-refractivity contribution in [2.45, 2.75) is 39.3 Å². The largest absolute Gasteiger partial charge is 0.463 e. The van der Waals surface area contributed by atoms with Crippen molar-refractivity contribution in [2.24, 2.45) is 0 Å². The molecule has 22 heavy (non-hydrogen) atoms. The molecule has 1 aromatic rings. The van der Waals surface area contributed by atoms with Gasteiger partial charge in [0.2, 0.25) is 0 Å². The third kappa shape index (κ3) is 6.92. The van der Waals surface area contributed by atoms with Gasteiger partial charge in [-0.1, -0.05) is 36.4 Å². The summed E-state index contributed by atoms with van der Waals surface area (Å²) >= 11 is 0. The summed E-state index contributed by atoms with van der Waals surface area (Å²) in [4.78, 5) is 23.4. The Labute approximate surface area is 131 Å². The third-order valence-electron chi connectivity index (χ3n) is 2.54. The number of ether oxygens (including phenoxy) is 2. The van der Waals surface area contributed by atoms with Crippen LogP contribution in [0.5, 0.6) is 0 Å². The highest BCUT2D eigenvalue weighted by Gasteiger charge is 2.19. The molecule has 1 amide bonds. The Morgan fingerprint density at radius 3 is 2.41 bits per heavy atom. The molecule has 1 aromatic carbocycles. The van der Waals surface area contributed by atoms with Crippen LogP contribution in [0.3, 0.4) is 0 Å². The molecule has 0 aliphatic carbocycles. The van der Waals surface area contributed by atoms with Crippen LogP contribution < -0.4 is 5.32 Å². The Hall–Kier alpha value is -2.30. The number of nitrogens with one attached hydrogen (secondary N) is 1. The lowest BCUT2D eigenvalue weighted by molar-refractivity contribution is -0.137. The second-order valence-electron chi connectivity index (χ2n) is 5.65. The number of carbonyl (C=O) groups excluding carboxylic acids is 2. The number of hydrogen-bond donors (Lipinski definition) is 1. The maximum Gasteiger partial charge on any atom is 0.408 e. The molecule has 0 saturated heterocycles. The van der Waals surface area contributed by atoms with Crippen molar-refractivity contribution in [3.05, 3.63) is 48.0 Å². The number of esters is 1. The van der Waals surface area contributed by atoms with Gasteiger partial charge in [0, 0.05) is 6.08 Å². The Bertz CT molecular complexity index is 517. The van der Waals surface area contributed by atoms with E-state index in [1.165, 1.54) is 6.08 Å². The second kappa shape index (κ2) is 8.22. The molecule has 1 atom stereocenters. The Morgan fingerprint density at radius 2 is 1.86 bits per heavy atom. The molecule has 0 aromatic heterocycles. The molecule has 0 bridgehead atoms. The van der Waals surface area contributed by atoms with E-state index in [1.807, 2.05) is 30.3 Å². The highest BCUT2D eigenvalue weighted by Crippen LogP contribution is 2.16. The van der Waals surface area contributed by atoms with Crippen LogP contribution in [-0.2, 0) is 14.3 Å². The summed E-state index contributed by atoms with van der Waals surface area (Å²) < 4.78 is 10.1. The lowest BCUT2D eigenvalue weighted by Crippen LogP contribution is -2.34. The van der Waals surface area contributed by atoms with Crippen molar-refractivity contribution in [1.29, 1.82) is 0 Å². The molecular formula is C17H23NO4. The highest BCUT2D eigenvalue weighted by molar-refractivity contribution is 5.82. The molecule has 0 aliphatic heterocycles. The Kier molecular flexibility index (Phi) is 6.63. The van der Waals surface area contributed by atoms with E-state index >= 15 is 0 Å². The minimum Gasteiger partial charge on any atom is -0.463 e. The topological polar surface area (TPSA) is 64.6 Å². The van der Waals surface area contributed by atoms with Crippen LogP contribution in [0.2, 0.25) is 0 Å². The molecule has 0 radical (unpaired) electrons. The fraction of sp³-hybridized carbons (Fsp3) is 0.412. The van der Waals surface area contributed by atoms with E-state index in [-0.39, 0.29) is 0 Å². The van der Waals surface area contributed by atoms with Crippen LogP contribution in [0, 0.1) is 0 Å². The first-order chi connectivity index (χ1) is 10.3. The SMILES string of the molecule is CCOC(=O)/C=C/[C@H](NC(=O)OC(C)(C)C)c1ccccc1. The van der Waals surface area contributed by atoms with Gasteiger partial charge in [0.25, 0.3) is 0 Å². The van der Waals surface area contributed by atoms with Crippen molar-refractivity contribution >= 4 is 12.1 Å². The smallest absolute Gasteiger partial charge is 0.408 e. The molecule has 0 fully saturated rings. The van der Waals surface area contributed by atoms with Gasteiger partial charge in [-0.15, -0.1) is 0 Å². The molecule has 5 heteroatoms. The monoisotopic (exact) mass is 305 g/mol. The maximum absolute atomic E-state index is 11.9. The summed E-state index contributed by atoms with van der Waals surface area (Å²) in [5, 5.41) is 2.73. The first-order valence-electron chi connectivity index (χ1n) is 7.21. The van der Waals surface area contributed by atoms with Crippen LogP contribution in [0.4, 0.5) is 4.79 Å². The van der Waals surface area contributed by atoms with Crippen molar-refractivity contribution in [1.82, 2.24) is 5.32 Å². The quantitative estimate of drug-likeness (QED) is 0.669. The zero-order valence-electron chi connectivity index (χ0n) is 13.5. The standard InChI is InChI=1S/C17H23NO4/c1-5-21-15(19)12-11-14(13-9-7-6-8-10-13)18-16(20)22-17(2,3)4/h6-12,14H,5H2,1-4H3,(H,18,20)/b12-11+/t14-/m0/s1. The van der Waals surface area contributed by atoms with E-state index in [9.17, 15) is 9.59 Å². The molecule has 0 heterocycles. The summed E-state index contributed by atoms with van der Waals surface area (Å²) in [6, 6.07) is 8.84. The van der Waals surface area contributed by atoms with Crippen molar-refractivity contribution < 1.29 is 19.1 Å². The van der Waals surface area contributed by atoms with Gasteiger partial charge in [0.15, 0.2) is 0 Å². The number of alkyl carbamates (subject to hydrolysis) is 1. The van der Waals surface area contributed by atoms with Crippen molar-refractivity contribution in [3.63, 3.8) is 0 Å². The van der Waals surface area contributed by atoms with E-state index in [0.29, 0.717) is 6.61 Å². The number of rotatable bonds is 5. The molecule has 0 unspecified atom stereocenters. The summed E-state index contributed by atoms with van der Waals surface area (Å²) in [7, 11) is 0. The lowest BCUT2D eigenvalue weighted by Gasteiger charge is -2.22. The Morgan fingerprint density at radius 1 is 1.23 bits per heavy atom. The van der Waals surface area contributed by atoms with E-state index in [4.69, 9.17) is 9.47 Å². The van der Waals surface area contributed by atoms with Crippen LogP contribution in [0.25, 0.3) is 0 Å². The Balaban J connectivity index is 2.84. The molecular weight excluding hydrogens is 282 g/mol. The van der Waals surface area contributed by atoms with E-state index in [2.05, 4.69) is 5.32 Å². The number of hydrogen-bond acceptors (Lipinski definition) is 4. The normalized spacial score (nSPS) is 12.7. The molecule has 0 aliphatic rings. The van der Waals surface area contributed by atoms with Crippen molar-refractivity contribution in [3.8, 4) is 0 Å². The number of amides is 1. The van der Waals surface area contributed by atoms with Crippen LogP contribution in [0.1, 0.15) is 39.3 Å². The zero-order chi connectivity index (χ0) is 16.6. The van der Waals surface area contributed by atoms with Crippen LogP contribution in [-0.4, -0.2) is 24.3 Å². The third-order valence-corrected chi connectivity index (χ3v) is 2.54. The first-order valence-corrected chi connectivity index (χ1v) is 7.21. The lowest BCUT2D eigenvalue weighted by atomic mass is 10.1. The predicted molar refractivity (Wildman–Crippen MR) is 84.3 cm³/mol. The van der Waals surface area contributed by atoms with E-state index in [0.717, 1.165) is 5.56 Å². The van der Waals surface area contributed by atoms with Crippen LogP contribution >= 0.6 is 0 Å².